The molecule has 0 spiro atoms. The first-order valence-corrected chi connectivity index (χ1v) is 3.78. The predicted octanol–water partition coefficient (Wildman–Crippen LogP) is 1.25. The molecule has 0 aliphatic carbocycles. The van der Waals surface area contributed by atoms with Gasteiger partial charge in [0.25, 0.3) is 0 Å². The van der Waals surface area contributed by atoms with E-state index >= 15 is 0 Å². The molecule has 1 rings (SSSR count). The van der Waals surface area contributed by atoms with Crippen molar-refractivity contribution in [1.82, 2.24) is 10.5 Å². The van der Waals surface area contributed by atoms with Gasteiger partial charge < -0.3 is 0 Å². The molecular weight excluding hydrogens is 152 g/mol. The Labute approximate surface area is 72.0 Å². The van der Waals surface area contributed by atoms with E-state index in [2.05, 4.69) is 10.5 Å². The maximum absolute atomic E-state index is 4.90. The lowest BCUT2D eigenvalue weighted by Gasteiger charge is -1.94. The molecule has 1 aromatic rings. The summed E-state index contributed by atoms with van der Waals surface area (Å²) in [5, 5.41) is 0. The van der Waals surface area contributed by atoms with E-state index in [0.29, 0.717) is 6.61 Å². The molecule has 1 N–H and O–H groups in total. The van der Waals surface area contributed by atoms with E-state index in [1.165, 1.54) is 0 Å². The summed E-state index contributed by atoms with van der Waals surface area (Å²) in [6.45, 7) is 0.568. The summed E-state index contributed by atoms with van der Waals surface area (Å²) in [7, 11) is 1.74. The number of pyridine rings is 1. The van der Waals surface area contributed by atoms with Crippen molar-refractivity contribution in [2.24, 2.45) is 0 Å². The first-order valence-electron chi connectivity index (χ1n) is 3.78. The standard InChI is InChI=1S/C9H12N2O/c1-10-12-8-2-3-9-4-6-11-7-5-9/h2-7,10H,8H2,1H3/b3-2+. The second-order valence-electron chi connectivity index (χ2n) is 2.20. The molecule has 0 saturated carbocycles. The smallest absolute Gasteiger partial charge is 0.0866 e. The number of hydroxylamine groups is 1. The van der Waals surface area contributed by atoms with Crippen LogP contribution in [-0.4, -0.2) is 18.6 Å². The van der Waals surface area contributed by atoms with Gasteiger partial charge in [-0.25, -0.2) is 5.48 Å². The third kappa shape index (κ3) is 3.27. The summed E-state index contributed by atoms with van der Waals surface area (Å²) in [5.74, 6) is 0. The number of nitrogens with zero attached hydrogens (tertiary/aromatic N) is 1. The summed E-state index contributed by atoms with van der Waals surface area (Å²) in [6.07, 6.45) is 7.45. The molecule has 0 fully saturated rings. The third-order valence-corrected chi connectivity index (χ3v) is 1.34. The van der Waals surface area contributed by atoms with E-state index < -0.39 is 0 Å². The van der Waals surface area contributed by atoms with Crippen molar-refractivity contribution in [2.75, 3.05) is 13.7 Å². The highest BCUT2D eigenvalue weighted by atomic mass is 16.6. The van der Waals surface area contributed by atoms with Gasteiger partial charge in [-0.2, -0.15) is 0 Å². The van der Waals surface area contributed by atoms with Crippen LogP contribution in [0.15, 0.2) is 30.6 Å². The van der Waals surface area contributed by atoms with Crippen LogP contribution in [0.3, 0.4) is 0 Å². The molecule has 0 radical (unpaired) electrons. The van der Waals surface area contributed by atoms with E-state index in [-0.39, 0.29) is 0 Å². The van der Waals surface area contributed by atoms with E-state index in [1.807, 2.05) is 24.3 Å². The van der Waals surface area contributed by atoms with Crippen LogP contribution in [0.1, 0.15) is 5.56 Å². The van der Waals surface area contributed by atoms with E-state index in [4.69, 9.17) is 4.84 Å². The predicted molar refractivity (Wildman–Crippen MR) is 48.3 cm³/mol. The monoisotopic (exact) mass is 164 g/mol. The van der Waals surface area contributed by atoms with Crippen molar-refractivity contribution in [2.45, 2.75) is 0 Å². The van der Waals surface area contributed by atoms with Crippen molar-refractivity contribution in [3.8, 4) is 0 Å². The topological polar surface area (TPSA) is 34.1 Å². The van der Waals surface area contributed by atoms with E-state index in [9.17, 15) is 0 Å². The minimum Gasteiger partial charge on any atom is -0.298 e. The van der Waals surface area contributed by atoms with Crippen LogP contribution in [0.2, 0.25) is 0 Å². The lowest BCUT2D eigenvalue weighted by atomic mass is 10.2. The van der Waals surface area contributed by atoms with Crippen LogP contribution in [0, 0.1) is 0 Å². The zero-order valence-electron chi connectivity index (χ0n) is 7.03. The molecule has 0 aliphatic heterocycles. The average molecular weight is 164 g/mol. The molecule has 64 valence electrons. The van der Waals surface area contributed by atoms with E-state index in [1.54, 1.807) is 19.4 Å². The second kappa shape index (κ2) is 5.46. The van der Waals surface area contributed by atoms with Gasteiger partial charge in [0.05, 0.1) is 6.61 Å². The molecule has 0 saturated heterocycles. The number of rotatable bonds is 4. The van der Waals surface area contributed by atoms with Gasteiger partial charge in [0.1, 0.15) is 0 Å². The fourth-order valence-corrected chi connectivity index (χ4v) is 0.790. The van der Waals surface area contributed by atoms with Gasteiger partial charge in [0, 0.05) is 19.4 Å². The maximum atomic E-state index is 4.90. The summed E-state index contributed by atoms with van der Waals surface area (Å²) in [6, 6.07) is 3.88. The highest BCUT2D eigenvalue weighted by Gasteiger charge is 1.82. The fraction of sp³-hybridized carbons (Fsp3) is 0.222. The molecule has 0 aliphatic rings. The summed E-state index contributed by atoms with van der Waals surface area (Å²) in [4.78, 5) is 8.82. The molecule has 1 aromatic heterocycles. The molecule has 0 unspecified atom stereocenters. The SMILES string of the molecule is CNOC/C=C/c1ccncc1. The van der Waals surface area contributed by atoms with Crippen molar-refractivity contribution >= 4 is 6.08 Å². The van der Waals surface area contributed by atoms with Gasteiger partial charge in [-0.15, -0.1) is 0 Å². The normalized spacial score (nSPS) is 10.8. The quantitative estimate of drug-likeness (QED) is 0.537. The molecule has 3 heteroatoms. The first kappa shape index (κ1) is 8.90. The Morgan fingerprint density at radius 3 is 2.92 bits per heavy atom. The molecule has 0 atom stereocenters. The number of hydrogen-bond donors (Lipinski definition) is 1. The zero-order chi connectivity index (χ0) is 8.65. The average Bonchev–Trinajstić information content (AvgIpc) is 2.14. The molecule has 0 aromatic carbocycles. The maximum Gasteiger partial charge on any atom is 0.0866 e. The number of nitrogens with one attached hydrogen (secondary N) is 1. The molecule has 0 amide bonds. The van der Waals surface area contributed by atoms with Crippen molar-refractivity contribution in [3.05, 3.63) is 36.2 Å². The van der Waals surface area contributed by atoms with Gasteiger partial charge >= 0.3 is 0 Å². The highest BCUT2D eigenvalue weighted by Crippen LogP contribution is 1.98. The number of aromatic nitrogens is 1. The van der Waals surface area contributed by atoms with Crippen molar-refractivity contribution < 1.29 is 4.84 Å². The van der Waals surface area contributed by atoms with Crippen LogP contribution in [0.4, 0.5) is 0 Å². The Morgan fingerprint density at radius 1 is 1.50 bits per heavy atom. The lowest BCUT2D eigenvalue weighted by molar-refractivity contribution is 0.0814. The fourth-order valence-electron chi connectivity index (χ4n) is 0.790. The molecule has 12 heavy (non-hydrogen) atoms. The van der Waals surface area contributed by atoms with Gasteiger partial charge in [-0.3, -0.25) is 9.82 Å². The molecule has 0 bridgehead atoms. The highest BCUT2D eigenvalue weighted by molar-refractivity contribution is 5.47. The minimum atomic E-state index is 0.568. The van der Waals surface area contributed by atoms with Crippen LogP contribution in [0.5, 0.6) is 0 Å². The van der Waals surface area contributed by atoms with Gasteiger partial charge in [-0.1, -0.05) is 12.2 Å². The van der Waals surface area contributed by atoms with Crippen molar-refractivity contribution in [1.29, 1.82) is 0 Å². The first-order chi connectivity index (χ1) is 5.93. The van der Waals surface area contributed by atoms with Crippen LogP contribution >= 0.6 is 0 Å². The molecule has 1 heterocycles. The lowest BCUT2D eigenvalue weighted by Crippen LogP contribution is -2.06. The van der Waals surface area contributed by atoms with Crippen LogP contribution in [0.25, 0.3) is 6.08 Å². The van der Waals surface area contributed by atoms with E-state index in [0.717, 1.165) is 5.56 Å². The Hall–Kier alpha value is -1.19. The van der Waals surface area contributed by atoms with Crippen LogP contribution < -0.4 is 5.48 Å². The Balaban J connectivity index is 2.36. The largest absolute Gasteiger partial charge is 0.298 e. The Bertz CT molecular complexity index is 234. The van der Waals surface area contributed by atoms with Gasteiger partial charge in [0.15, 0.2) is 0 Å². The summed E-state index contributed by atoms with van der Waals surface area (Å²) in [5.41, 5.74) is 3.72. The number of hydrogen-bond acceptors (Lipinski definition) is 3. The minimum absolute atomic E-state index is 0.568. The Morgan fingerprint density at radius 2 is 2.25 bits per heavy atom. The third-order valence-electron chi connectivity index (χ3n) is 1.34. The van der Waals surface area contributed by atoms with Gasteiger partial charge in [-0.05, 0) is 17.7 Å². The second-order valence-corrected chi connectivity index (χ2v) is 2.20. The molecular formula is C9H12N2O. The van der Waals surface area contributed by atoms with Crippen molar-refractivity contribution in [3.63, 3.8) is 0 Å². The zero-order valence-corrected chi connectivity index (χ0v) is 7.03. The van der Waals surface area contributed by atoms with Crippen LogP contribution in [-0.2, 0) is 4.84 Å². The molecule has 3 nitrogen and oxygen atoms in total. The Kier molecular flexibility index (Phi) is 4.05. The van der Waals surface area contributed by atoms with Gasteiger partial charge in [0.2, 0.25) is 0 Å². The summed E-state index contributed by atoms with van der Waals surface area (Å²) >= 11 is 0. The summed E-state index contributed by atoms with van der Waals surface area (Å²) < 4.78 is 0.